The maximum Gasteiger partial charge on any atom is 0.337 e. The Morgan fingerprint density at radius 2 is 1.78 bits per heavy atom. The highest BCUT2D eigenvalue weighted by molar-refractivity contribution is 5.97. The van der Waals surface area contributed by atoms with Gasteiger partial charge in [-0.05, 0) is 48.5 Å². The molecule has 3 amide bonds. The Balaban J connectivity index is 1.56. The van der Waals surface area contributed by atoms with Gasteiger partial charge in [-0.25, -0.2) is 14.0 Å². The van der Waals surface area contributed by atoms with Crippen molar-refractivity contribution in [1.29, 1.82) is 0 Å². The van der Waals surface area contributed by atoms with Crippen LogP contribution in [0, 0.1) is 5.82 Å². The zero-order valence-electron chi connectivity index (χ0n) is 14.6. The van der Waals surface area contributed by atoms with E-state index in [2.05, 4.69) is 15.4 Å². The first-order valence-electron chi connectivity index (χ1n) is 8.28. The van der Waals surface area contributed by atoms with Crippen molar-refractivity contribution in [2.24, 2.45) is 0 Å². The fourth-order valence-electron chi connectivity index (χ4n) is 2.83. The Hall–Kier alpha value is -3.42. The van der Waals surface area contributed by atoms with Crippen LogP contribution in [0.3, 0.4) is 0 Å². The van der Waals surface area contributed by atoms with Crippen LogP contribution >= 0.6 is 0 Å². The van der Waals surface area contributed by atoms with Crippen molar-refractivity contribution in [2.75, 3.05) is 23.9 Å². The third-order valence-electron chi connectivity index (χ3n) is 4.16. The summed E-state index contributed by atoms with van der Waals surface area (Å²) in [5, 5.41) is 5.39. The van der Waals surface area contributed by atoms with Gasteiger partial charge in [0, 0.05) is 24.3 Å². The standard InChI is InChI=1S/C19H18FN3O4/c1-27-18(25)12-2-6-14(7-3-12)21-19(26)22-15-10-17(24)23(11-15)16-8-4-13(20)5-9-16/h2-9,15H,10-11H2,1H3,(H2,21,22,26)/t15-/m1/s1. The second-order valence-electron chi connectivity index (χ2n) is 6.05. The molecule has 1 aliphatic heterocycles. The molecule has 0 aliphatic carbocycles. The lowest BCUT2D eigenvalue weighted by atomic mass is 10.2. The van der Waals surface area contributed by atoms with Crippen LogP contribution in [0.1, 0.15) is 16.8 Å². The molecule has 1 heterocycles. The Morgan fingerprint density at radius 3 is 2.41 bits per heavy atom. The van der Waals surface area contributed by atoms with Gasteiger partial charge < -0.3 is 20.3 Å². The number of ether oxygens (including phenoxy) is 1. The van der Waals surface area contributed by atoms with Crippen LogP contribution in [0.5, 0.6) is 0 Å². The van der Waals surface area contributed by atoms with E-state index in [1.165, 1.54) is 48.4 Å². The van der Waals surface area contributed by atoms with E-state index in [0.717, 1.165) is 0 Å². The van der Waals surface area contributed by atoms with Crippen molar-refractivity contribution in [1.82, 2.24) is 5.32 Å². The van der Waals surface area contributed by atoms with Crippen LogP contribution in [0.25, 0.3) is 0 Å². The highest BCUT2D eigenvalue weighted by Gasteiger charge is 2.31. The zero-order chi connectivity index (χ0) is 19.4. The summed E-state index contributed by atoms with van der Waals surface area (Å²) in [5.74, 6) is -0.983. The van der Waals surface area contributed by atoms with Gasteiger partial charge in [-0.15, -0.1) is 0 Å². The summed E-state index contributed by atoms with van der Waals surface area (Å²) in [6, 6.07) is 11.0. The molecule has 0 unspecified atom stereocenters. The second kappa shape index (κ2) is 7.86. The molecule has 140 valence electrons. The zero-order valence-corrected chi connectivity index (χ0v) is 14.6. The predicted molar refractivity (Wildman–Crippen MR) is 97.1 cm³/mol. The number of rotatable bonds is 4. The predicted octanol–water partition coefficient (Wildman–Crippen LogP) is 2.54. The molecule has 0 saturated carbocycles. The largest absolute Gasteiger partial charge is 0.465 e. The van der Waals surface area contributed by atoms with Gasteiger partial charge in [0.1, 0.15) is 5.82 Å². The average molecular weight is 371 g/mol. The van der Waals surface area contributed by atoms with E-state index < -0.39 is 12.0 Å². The van der Waals surface area contributed by atoms with E-state index in [1.54, 1.807) is 12.1 Å². The summed E-state index contributed by atoms with van der Waals surface area (Å²) in [5.41, 5.74) is 1.46. The fourth-order valence-corrected chi connectivity index (χ4v) is 2.83. The van der Waals surface area contributed by atoms with Gasteiger partial charge in [0.05, 0.1) is 18.7 Å². The number of halogens is 1. The summed E-state index contributed by atoms with van der Waals surface area (Å²) in [4.78, 5) is 37.2. The van der Waals surface area contributed by atoms with Gasteiger partial charge in [-0.1, -0.05) is 0 Å². The molecule has 1 atom stereocenters. The molecular weight excluding hydrogens is 353 g/mol. The van der Waals surface area contributed by atoms with E-state index >= 15 is 0 Å². The average Bonchev–Trinajstić information content (AvgIpc) is 3.02. The van der Waals surface area contributed by atoms with Crippen LogP contribution in [0.4, 0.5) is 20.6 Å². The van der Waals surface area contributed by atoms with Gasteiger partial charge in [0.25, 0.3) is 0 Å². The van der Waals surface area contributed by atoms with Crippen LogP contribution < -0.4 is 15.5 Å². The normalized spacial score (nSPS) is 16.1. The van der Waals surface area contributed by atoms with E-state index in [9.17, 15) is 18.8 Å². The van der Waals surface area contributed by atoms with Gasteiger partial charge in [-0.3, -0.25) is 4.79 Å². The minimum atomic E-state index is -0.462. The number of hydrogen-bond donors (Lipinski definition) is 2. The van der Waals surface area contributed by atoms with Crippen molar-refractivity contribution in [3.8, 4) is 0 Å². The number of nitrogens with one attached hydrogen (secondary N) is 2. The summed E-state index contributed by atoms with van der Waals surface area (Å²) >= 11 is 0. The lowest BCUT2D eigenvalue weighted by Gasteiger charge is -2.17. The van der Waals surface area contributed by atoms with E-state index in [1.807, 2.05) is 0 Å². The molecule has 8 heteroatoms. The summed E-state index contributed by atoms with van der Waals surface area (Å²) in [6.07, 6.45) is 0.159. The highest BCUT2D eigenvalue weighted by atomic mass is 19.1. The number of amides is 3. The maximum atomic E-state index is 13.0. The minimum Gasteiger partial charge on any atom is -0.465 e. The molecule has 2 aromatic carbocycles. The van der Waals surface area contributed by atoms with Crippen molar-refractivity contribution in [3.05, 3.63) is 59.9 Å². The first-order chi connectivity index (χ1) is 13.0. The number of carbonyl (C=O) groups is 3. The molecule has 0 aromatic heterocycles. The smallest absolute Gasteiger partial charge is 0.337 e. The fraction of sp³-hybridized carbons (Fsp3) is 0.211. The third kappa shape index (κ3) is 4.41. The van der Waals surface area contributed by atoms with E-state index in [0.29, 0.717) is 23.5 Å². The molecular formula is C19H18FN3O4. The van der Waals surface area contributed by atoms with Crippen LogP contribution in [-0.4, -0.2) is 37.6 Å². The number of methoxy groups -OCH3 is 1. The molecule has 1 saturated heterocycles. The maximum absolute atomic E-state index is 13.0. The molecule has 0 spiro atoms. The summed E-state index contributed by atoms with van der Waals surface area (Å²) in [7, 11) is 1.29. The molecule has 7 nitrogen and oxygen atoms in total. The molecule has 3 rings (SSSR count). The van der Waals surface area contributed by atoms with Gasteiger partial charge >= 0.3 is 12.0 Å². The second-order valence-corrected chi connectivity index (χ2v) is 6.05. The van der Waals surface area contributed by atoms with Gasteiger partial charge in [-0.2, -0.15) is 0 Å². The molecule has 2 aromatic rings. The number of esters is 1. The van der Waals surface area contributed by atoms with Crippen molar-refractivity contribution < 1.29 is 23.5 Å². The van der Waals surface area contributed by atoms with Crippen molar-refractivity contribution in [2.45, 2.75) is 12.5 Å². The van der Waals surface area contributed by atoms with Crippen molar-refractivity contribution in [3.63, 3.8) is 0 Å². The van der Waals surface area contributed by atoms with Crippen molar-refractivity contribution >= 4 is 29.3 Å². The Kier molecular flexibility index (Phi) is 5.35. The molecule has 0 radical (unpaired) electrons. The van der Waals surface area contributed by atoms with Gasteiger partial charge in [0.15, 0.2) is 0 Å². The number of urea groups is 1. The van der Waals surface area contributed by atoms with Crippen LogP contribution in [0.15, 0.2) is 48.5 Å². The SMILES string of the molecule is COC(=O)c1ccc(NC(=O)N[C@@H]2CC(=O)N(c3ccc(F)cc3)C2)cc1. The van der Waals surface area contributed by atoms with Crippen LogP contribution in [0.2, 0.25) is 0 Å². The van der Waals surface area contributed by atoms with E-state index in [4.69, 9.17) is 0 Å². The number of anilines is 2. The topological polar surface area (TPSA) is 87.7 Å². The highest BCUT2D eigenvalue weighted by Crippen LogP contribution is 2.22. The first-order valence-corrected chi connectivity index (χ1v) is 8.28. The number of hydrogen-bond acceptors (Lipinski definition) is 4. The Bertz CT molecular complexity index is 852. The number of nitrogens with zero attached hydrogens (tertiary/aromatic N) is 1. The lowest BCUT2D eigenvalue weighted by Crippen LogP contribution is -2.39. The van der Waals surface area contributed by atoms with E-state index in [-0.39, 0.29) is 24.2 Å². The lowest BCUT2D eigenvalue weighted by molar-refractivity contribution is -0.117. The first kappa shape index (κ1) is 18.4. The molecule has 1 fully saturated rings. The Labute approximate surface area is 155 Å². The molecule has 0 bridgehead atoms. The molecule has 27 heavy (non-hydrogen) atoms. The quantitative estimate of drug-likeness (QED) is 0.809. The third-order valence-corrected chi connectivity index (χ3v) is 4.16. The monoisotopic (exact) mass is 371 g/mol. The number of benzene rings is 2. The van der Waals surface area contributed by atoms with Crippen LogP contribution in [-0.2, 0) is 9.53 Å². The Morgan fingerprint density at radius 1 is 1.11 bits per heavy atom. The summed E-state index contributed by atoms with van der Waals surface area (Å²) < 4.78 is 17.6. The van der Waals surface area contributed by atoms with Gasteiger partial charge in [0.2, 0.25) is 5.91 Å². The minimum absolute atomic E-state index is 0.144. The summed E-state index contributed by atoms with van der Waals surface area (Å²) in [6.45, 7) is 0.305. The molecule has 2 N–H and O–H groups in total. The molecule has 1 aliphatic rings. The number of carbonyl (C=O) groups excluding carboxylic acids is 3.